The number of fused-ring (bicyclic) bond motifs is 1. The molecule has 0 radical (unpaired) electrons. The zero-order chi connectivity index (χ0) is 14.9. The van der Waals surface area contributed by atoms with Crippen LogP contribution in [0.15, 0.2) is 41.5 Å². The first kappa shape index (κ1) is 18.6. The number of benzene rings is 1. The van der Waals surface area contributed by atoms with Gasteiger partial charge in [-0.2, -0.15) is 0 Å². The minimum Gasteiger partial charge on any atom is -0.385 e. The second-order valence-electron chi connectivity index (χ2n) is 4.68. The van der Waals surface area contributed by atoms with Gasteiger partial charge in [0.1, 0.15) is 0 Å². The Morgan fingerprint density at radius 2 is 2.05 bits per heavy atom. The monoisotopic (exact) mass is 414 g/mol. The number of rotatable bonds is 6. The van der Waals surface area contributed by atoms with Crippen LogP contribution in [0, 0.1) is 0 Å². The maximum atomic E-state index is 5.02. The number of nitrogens with zero attached hydrogens (tertiary/aromatic N) is 2. The summed E-state index contributed by atoms with van der Waals surface area (Å²) in [5.74, 6) is 0.779. The van der Waals surface area contributed by atoms with E-state index in [1.807, 2.05) is 24.4 Å². The molecule has 0 unspecified atom stereocenters. The highest BCUT2D eigenvalue weighted by Crippen LogP contribution is 2.15. The minimum atomic E-state index is 0. The van der Waals surface area contributed by atoms with Crippen molar-refractivity contribution in [3.63, 3.8) is 0 Å². The highest BCUT2D eigenvalue weighted by atomic mass is 127. The molecule has 2 N–H and O–H groups in total. The smallest absolute Gasteiger partial charge is 0.191 e. The van der Waals surface area contributed by atoms with E-state index in [0.29, 0.717) is 6.54 Å². The van der Waals surface area contributed by atoms with Gasteiger partial charge in [-0.3, -0.25) is 9.98 Å². The second kappa shape index (κ2) is 10.3. The highest BCUT2D eigenvalue weighted by Gasteiger charge is 2.03. The average Bonchev–Trinajstić information content (AvgIpc) is 2.54. The molecule has 6 heteroatoms. The molecule has 5 nitrogen and oxygen atoms in total. The predicted octanol–water partition coefficient (Wildman–Crippen LogP) is 2.55. The summed E-state index contributed by atoms with van der Waals surface area (Å²) in [5.41, 5.74) is 1.02. The van der Waals surface area contributed by atoms with Crippen LogP contribution >= 0.6 is 24.0 Å². The fraction of sp³-hybridized carbons (Fsp3) is 0.375. The lowest BCUT2D eigenvalue weighted by molar-refractivity contribution is 0.195. The number of aromatic nitrogens is 1. The van der Waals surface area contributed by atoms with Crippen molar-refractivity contribution in [3.8, 4) is 0 Å². The number of methoxy groups -OCH3 is 1. The summed E-state index contributed by atoms with van der Waals surface area (Å²) in [5, 5.41) is 8.91. The van der Waals surface area contributed by atoms with Crippen molar-refractivity contribution in [2.24, 2.45) is 4.99 Å². The number of pyridine rings is 1. The van der Waals surface area contributed by atoms with Crippen LogP contribution in [0.25, 0.3) is 10.8 Å². The third-order valence-corrected chi connectivity index (χ3v) is 3.22. The zero-order valence-corrected chi connectivity index (χ0v) is 15.3. The third-order valence-electron chi connectivity index (χ3n) is 3.22. The number of hydrogen-bond acceptors (Lipinski definition) is 3. The van der Waals surface area contributed by atoms with Crippen molar-refractivity contribution < 1.29 is 4.74 Å². The van der Waals surface area contributed by atoms with E-state index in [2.05, 4.69) is 32.7 Å². The SMILES string of the molecule is CN=C(NCCCOC)NCc1nccc2ccccc12.I. The van der Waals surface area contributed by atoms with Gasteiger partial charge in [-0.1, -0.05) is 24.3 Å². The Hall–Kier alpha value is -1.41. The first-order valence-electron chi connectivity index (χ1n) is 7.11. The van der Waals surface area contributed by atoms with Crippen molar-refractivity contribution >= 4 is 40.7 Å². The van der Waals surface area contributed by atoms with Gasteiger partial charge in [0.05, 0.1) is 12.2 Å². The van der Waals surface area contributed by atoms with Crippen LogP contribution in [-0.2, 0) is 11.3 Å². The Kier molecular flexibility index (Phi) is 8.76. The number of aliphatic imine (C=N–C) groups is 1. The molecule has 0 fully saturated rings. The summed E-state index contributed by atoms with van der Waals surface area (Å²) in [6, 6.07) is 10.3. The van der Waals surface area contributed by atoms with Gasteiger partial charge in [-0.05, 0) is 17.9 Å². The summed E-state index contributed by atoms with van der Waals surface area (Å²) in [4.78, 5) is 8.66. The van der Waals surface area contributed by atoms with E-state index in [9.17, 15) is 0 Å². The lowest BCUT2D eigenvalue weighted by Gasteiger charge is -2.12. The van der Waals surface area contributed by atoms with Crippen LogP contribution in [0.1, 0.15) is 12.1 Å². The number of halogens is 1. The van der Waals surface area contributed by atoms with Gasteiger partial charge in [0.2, 0.25) is 0 Å². The quantitative estimate of drug-likeness (QED) is 0.330. The molecule has 22 heavy (non-hydrogen) atoms. The summed E-state index contributed by atoms with van der Waals surface area (Å²) in [7, 11) is 3.47. The van der Waals surface area contributed by atoms with E-state index in [1.54, 1.807) is 14.2 Å². The number of hydrogen-bond donors (Lipinski definition) is 2. The van der Waals surface area contributed by atoms with Crippen LogP contribution < -0.4 is 10.6 Å². The first-order chi connectivity index (χ1) is 10.3. The fourth-order valence-corrected chi connectivity index (χ4v) is 2.13. The molecule has 0 saturated carbocycles. The van der Waals surface area contributed by atoms with Crippen LogP contribution in [0.2, 0.25) is 0 Å². The molecule has 2 rings (SSSR count). The van der Waals surface area contributed by atoms with Crippen LogP contribution in [0.4, 0.5) is 0 Å². The van der Waals surface area contributed by atoms with E-state index < -0.39 is 0 Å². The standard InChI is InChI=1S/C16H22N4O.HI/c1-17-16(19-9-5-11-21-2)20-12-15-14-7-4-3-6-13(14)8-10-18-15;/h3-4,6-8,10H,5,9,11-12H2,1-2H3,(H2,17,19,20);1H. The van der Waals surface area contributed by atoms with Crippen LogP contribution in [-0.4, -0.2) is 38.3 Å². The fourth-order valence-electron chi connectivity index (χ4n) is 2.13. The van der Waals surface area contributed by atoms with E-state index in [1.165, 1.54) is 10.8 Å². The minimum absolute atomic E-state index is 0. The summed E-state index contributed by atoms with van der Waals surface area (Å²) < 4.78 is 5.02. The first-order valence-corrected chi connectivity index (χ1v) is 7.11. The predicted molar refractivity (Wildman–Crippen MR) is 102 cm³/mol. The van der Waals surface area contributed by atoms with E-state index in [4.69, 9.17) is 4.74 Å². The molecule has 0 bridgehead atoms. The maximum Gasteiger partial charge on any atom is 0.191 e. The molecule has 1 aromatic carbocycles. The molecule has 0 atom stereocenters. The number of ether oxygens (including phenoxy) is 1. The Morgan fingerprint density at radius 1 is 1.23 bits per heavy atom. The maximum absolute atomic E-state index is 5.02. The highest BCUT2D eigenvalue weighted by molar-refractivity contribution is 14.0. The molecule has 120 valence electrons. The van der Waals surface area contributed by atoms with Gasteiger partial charge < -0.3 is 15.4 Å². The van der Waals surface area contributed by atoms with Crippen molar-refractivity contribution in [1.82, 2.24) is 15.6 Å². The van der Waals surface area contributed by atoms with Gasteiger partial charge in [-0.15, -0.1) is 24.0 Å². The molecular formula is C16H23IN4O. The van der Waals surface area contributed by atoms with Crippen LogP contribution in [0.3, 0.4) is 0 Å². The Morgan fingerprint density at radius 3 is 2.82 bits per heavy atom. The van der Waals surface area contributed by atoms with E-state index >= 15 is 0 Å². The van der Waals surface area contributed by atoms with Gasteiger partial charge >= 0.3 is 0 Å². The molecule has 0 aliphatic carbocycles. The Balaban J connectivity index is 0.00000242. The normalized spacial score (nSPS) is 11.1. The van der Waals surface area contributed by atoms with Crippen LogP contribution in [0.5, 0.6) is 0 Å². The second-order valence-corrected chi connectivity index (χ2v) is 4.68. The van der Waals surface area contributed by atoms with Gasteiger partial charge in [-0.25, -0.2) is 0 Å². The van der Waals surface area contributed by atoms with Crippen molar-refractivity contribution in [2.75, 3.05) is 27.3 Å². The summed E-state index contributed by atoms with van der Waals surface area (Å²) >= 11 is 0. The third kappa shape index (κ3) is 5.42. The van der Waals surface area contributed by atoms with Gasteiger partial charge in [0.25, 0.3) is 0 Å². The number of nitrogens with one attached hydrogen (secondary N) is 2. The summed E-state index contributed by atoms with van der Waals surface area (Å²) in [6.07, 6.45) is 2.79. The molecule has 0 aliphatic heterocycles. The molecule has 1 aromatic heterocycles. The van der Waals surface area contributed by atoms with Gasteiger partial charge in [0, 0.05) is 38.9 Å². The van der Waals surface area contributed by atoms with Crippen molar-refractivity contribution in [2.45, 2.75) is 13.0 Å². The average molecular weight is 414 g/mol. The molecule has 0 spiro atoms. The molecular weight excluding hydrogens is 391 g/mol. The lowest BCUT2D eigenvalue weighted by atomic mass is 10.1. The van der Waals surface area contributed by atoms with E-state index in [0.717, 1.165) is 31.2 Å². The summed E-state index contributed by atoms with van der Waals surface area (Å²) in [6.45, 7) is 2.22. The lowest BCUT2D eigenvalue weighted by Crippen LogP contribution is -2.37. The van der Waals surface area contributed by atoms with Crippen molar-refractivity contribution in [3.05, 3.63) is 42.2 Å². The number of guanidine groups is 1. The molecule has 0 saturated heterocycles. The largest absolute Gasteiger partial charge is 0.385 e. The topological polar surface area (TPSA) is 58.5 Å². The zero-order valence-electron chi connectivity index (χ0n) is 13.0. The molecule has 0 amide bonds. The van der Waals surface area contributed by atoms with Gasteiger partial charge in [0.15, 0.2) is 5.96 Å². The Bertz CT molecular complexity index is 598. The van der Waals surface area contributed by atoms with Crippen molar-refractivity contribution in [1.29, 1.82) is 0 Å². The molecule has 0 aliphatic rings. The molecule has 1 heterocycles. The molecule has 2 aromatic rings. The van der Waals surface area contributed by atoms with E-state index in [-0.39, 0.29) is 24.0 Å². The Labute approximate surface area is 148 Å².